The molecule has 0 aliphatic rings. The van der Waals surface area contributed by atoms with Crippen LogP contribution in [-0.4, -0.2) is 38.1 Å². The lowest BCUT2D eigenvalue weighted by atomic mass is 10.2. The number of rotatable bonds is 7. The van der Waals surface area contributed by atoms with Gasteiger partial charge in [-0.1, -0.05) is 6.92 Å². The monoisotopic (exact) mass is 261 g/mol. The maximum Gasteiger partial charge on any atom is 0.319 e. The molecule has 0 aromatic carbocycles. The molecule has 0 fully saturated rings. The van der Waals surface area contributed by atoms with Crippen LogP contribution in [0.25, 0.3) is 0 Å². The van der Waals surface area contributed by atoms with Gasteiger partial charge < -0.3 is 5.11 Å². The summed E-state index contributed by atoms with van der Waals surface area (Å²) in [5.74, 6) is -0.808. The normalized spacial score (nSPS) is 13.2. The zero-order chi connectivity index (χ0) is 13.7. The highest BCUT2D eigenvalue weighted by Gasteiger charge is 2.20. The number of aliphatic carboxylic acids is 1. The lowest BCUT2D eigenvalue weighted by Gasteiger charge is -2.26. The molecule has 7 heteroatoms. The van der Waals surface area contributed by atoms with Gasteiger partial charge in [-0.3, -0.25) is 14.3 Å². The summed E-state index contributed by atoms with van der Waals surface area (Å²) in [6.07, 6.45) is 3.22. The van der Waals surface area contributed by atoms with Crippen LogP contribution in [0.15, 0.2) is 12.4 Å². The van der Waals surface area contributed by atoms with E-state index in [1.54, 1.807) is 4.90 Å². The van der Waals surface area contributed by atoms with Gasteiger partial charge in [-0.25, -0.2) is 4.98 Å². The number of imidazole rings is 1. The summed E-state index contributed by atoms with van der Waals surface area (Å²) in [7, 11) is 0. The molecule has 1 rings (SSSR count). The molecular weight excluding hydrogens is 244 g/mol. The second-order valence-electron chi connectivity index (χ2n) is 4.08. The summed E-state index contributed by atoms with van der Waals surface area (Å²) >= 11 is 0. The van der Waals surface area contributed by atoms with E-state index in [1.165, 1.54) is 12.4 Å². The van der Waals surface area contributed by atoms with E-state index in [9.17, 15) is 13.6 Å². The van der Waals surface area contributed by atoms with Gasteiger partial charge in [-0.15, -0.1) is 0 Å². The molecule has 1 aromatic rings. The van der Waals surface area contributed by atoms with Gasteiger partial charge in [-0.2, -0.15) is 8.78 Å². The first-order valence-electron chi connectivity index (χ1n) is 5.71. The second kappa shape index (κ2) is 6.44. The third-order valence-corrected chi connectivity index (χ3v) is 2.86. The van der Waals surface area contributed by atoms with E-state index in [4.69, 9.17) is 5.11 Å². The number of nitrogens with zero attached hydrogens (tertiary/aromatic N) is 3. The second-order valence-corrected chi connectivity index (χ2v) is 4.08. The maximum atomic E-state index is 12.6. The summed E-state index contributed by atoms with van der Waals surface area (Å²) in [5, 5.41) is 8.82. The Bertz CT molecular complexity index is 395. The van der Waals surface area contributed by atoms with Crippen LogP contribution in [0, 0.1) is 0 Å². The molecule has 0 amide bonds. The first-order valence-corrected chi connectivity index (χ1v) is 5.71. The number of hydrogen-bond donors (Lipinski definition) is 1. The van der Waals surface area contributed by atoms with Crippen molar-refractivity contribution in [2.75, 3.05) is 6.54 Å². The van der Waals surface area contributed by atoms with Crippen molar-refractivity contribution in [3.63, 3.8) is 0 Å². The van der Waals surface area contributed by atoms with Crippen LogP contribution in [-0.2, 0) is 11.3 Å². The average molecular weight is 261 g/mol. The Labute approximate surface area is 104 Å². The molecular formula is C11H17F2N3O2. The van der Waals surface area contributed by atoms with Crippen LogP contribution in [0.1, 0.15) is 32.6 Å². The molecule has 0 radical (unpaired) electrons. The van der Waals surface area contributed by atoms with Crippen LogP contribution < -0.4 is 0 Å². The molecule has 1 atom stereocenters. The van der Waals surface area contributed by atoms with Crippen molar-refractivity contribution in [1.29, 1.82) is 0 Å². The van der Waals surface area contributed by atoms with Gasteiger partial charge in [0.1, 0.15) is 5.82 Å². The van der Waals surface area contributed by atoms with Crippen molar-refractivity contribution in [1.82, 2.24) is 14.5 Å². The van der Waals surface area contributed by atoms with Crippen LogP contribution in [0.4, 0.5) is 8.78 Å². The summed E-state index contributed by atoms with van der Waals surface area (Å²) in [6.45, 7) is 1.02. The molecule has 18 heavy (non-hydrogen) atoms. The number of carboxylic acid groups (broad SMARTS) is 1. The molecule has 1 N–H and O–H groups in total. The van der Waals surface area contributed by atoms with Gasteiger partial charge >= 0.3 is 12.5 Å². The Morgan fingerprint density at radius 1 is 1.61 bits per heavy atom. The molecule has 1 unspecified atom stereocenters. The predicted molar refractivity (Wildman–Crippen MR) is 61.3 cm³/mol. The standard InChI is InChI=1S/C11H17F2N3O2/c1-3-8(2)15(7-10(17)18)6-9-14-4-5-16(9)11(12)13/h4-5,8,11H,3,6-7H2,1-2H3,(H,17,18). The predicted octanol–water partition coefficient (Wildman–Crippen LogP) is 1.96. The van der Waals surface area contributed by atoms with Gasteiger partial charge in [-0.05, 0) is 13.3 Å². The van der Waals surface area contributed by atoms with Gasteiger partial charge in [0.25, 0.3) is 0 Å². The molecule has 0 saturated heterocycles. The van der Waals surface area contributed by atoms with Crippen molar-refractivity contribution in [3.8, 4) is 0 Å². The van der Waals surface area contributed by atoms with E-state index in [1.807, 2.05) is 13.8 Å². The summed E-state index contributed by atoms with van der Waals surface area (Å²) in [4.78, 5) is 16.2. The van der Waals surface area contributed by atoms with Crippen LogP contribution in [0.3, 0.4) is 0 Å². The molecule has 1 heterocycles. The number of hydrogen-bond acceptors (Lipinski definition) is 3. The number of carboxylic acids is 1. The van der Waals surface area contributed by atoms with E-state index < -0.39 is 12.5 Å². The fourth-order valence-corrected chi connectivity index (χ4v) is 1.63. The van der Waals surface area contributed by atoms with Crippen molar-refractivity contribution < 1.29 is 18.7 Å². The number of aromatic nitrogens is 2. The molecule has 1 aromatic heterocycles. The van der Waals surface area contributed by atoms with Crippen LogP contribution in [0.5, 0.6) is 0 Å². The summed E-state index contributed by atoms with van der Waals surface area (Å²) in [5.41, 5.74) is 0. The zero-order valence-electron chi connectivity index (χ0n) is 10.4. The molecule has 0 aliphatic carbocycles. The third kappa shape index (κ3) is 3.76. The van der Waals surface area contributed by atoms with E-state index in [0.29, 0.717) is 0 Å². The average Bonchev–Trinajstić information content (AvgIpc) is 2.74. The topological polar surface area (TPSA) is 58.4 Å². The smallest absolute Gasteiger partial charge is 0.319 e. The zero-order valence-corrected chi connectivity index (χ0v) is 10.4. The number of halogens is 2. The highest BCUT2D eigenvalue weighted by molar-refractivity contribution is 5.69. The Morgan fingerprint density at radius 2 is 2.28 bits per heavy atom. The van der Waals surface area contributed by atoms with Gasteiger partial charge in [0.2, 0.25) is 0 Å². The van der Waals surface area contributed by atoms with E-state index in [-0.39, 0.29) is 25.0 Å². The lowest BCUT2D eigenvalue weighted by molar-refractivity contribution is -0.139. The number of carbonyl (C=O) groups is 1. The SMILES string of the molecule is CCC(C)N(CC(=O)O)Cc1nccn1C(F)F. The minimum Gasteiger partial charge on any atom is -0.480 e. The fraction of sp³-hybridized carbons (Fsp3) is 0.636. The van der Waals surface area contributed by atoms with Gasteiger partial charge in [0, 0.05) is 18.4 Å². The number of alkyl halides is 2. The van der Waals surface area contributed by atoms with Gasteiger partial charge in [0.15, 0.2) is 0 Å². The molecule has 0 spiro atoms. The Kier molecular flexibility index (Phi) is 5.21. The highest BCUT2D eigenvalue weighted by atomic mass is 19.3. The Hall–Kier alpha value is -1.50. The minimum absolute atomic E-state index is 0.0103. The minimum atomic E-state index is -2.66. The highest BCUT2D eigenvalue weighted by Crippen LogP contribution is 2.15. The maximum absolute atomic E-state index is 12.6. The summed E-state index contributed by atoms with van der Waals surface area (Å²) in [6, 6.07) is -0.0103. The van der Waals surface area contributed by atoms with E-state index in [2.05, 4.69) is 4.98 Å². The third-order valence-electron chi connectivity index (χ3n) is 2.86. The van der Waals surface area contributed by atoms with Crippen molar-refractivity contribution >= 4 is 5.97 Å². The van der Waals surface area contributed by atoms with Gasteiger partial charge in [0.05, 0.1) is 13.1 Å². The van der Waals surface area contributed by atoms with Crippen molar-refractivity contribution in [2.45, 2.75) is 39.4 Å². The van der Waals surface area contributed by atoms with Crippen molar-refractivity contribution in [2.24, 2.45) is 0 Å². The fourth-order valence-electron chi connectivity index (χ4n) is 1.63. The van der Waals surface area contributed by atoms with Crippen LogP contribution >= 0.6 is 0 Å². The Balaban J connectivity index is 2.82. The molecule has 0 aliphatic heterocycles. The quantitative estimate of drug-likeness (QED) is 0.815. The van der Waals surface area contributed by atoms with E-state index >= 15 is 0 Å². The van der Waals surface area contributed by atoms with E-state index in [0.717, 1.165) is 11.0 Å². The molecule has 5 nitrogen and oxygen atoms in total. The largest absolute Gasteiger partial charge is 0.480 e. The Morgan fingerprint density at radius 3 is 2.78 bits per heavy atom. The molecule has 0 bridgehead atoms. The molecule has 0 saturated carbocycles. The van der Waals surface area contributed by atoms with Crippen LogP contribution in [0.2, 0.25) is 0 Å². The molecule has 102 valence electrons. The van der Waals surface area contributed by atoms with Crippen molar-refractivity contribution in [3.05, 3.63) is 18.2 Å². The summed E-state index contributed by atoms with van der Waals surface area (Å²) < 4.78 is 26.0. The first kappa shape index (κ1) is 14.6. The lowest BCUT2D eigenvalue weighted by Crippen LogP contribution is -2.37. The first-order chi connectivity index (χ1) is 8.45.